The number of aliphatic carboxylic acids is 2. The highest BCUT2D eigenvalue weighted by molar-refractivity contribution is 5.89. The molecule has 8 rings (SSSR count). The molecule has 2 aliphatic heterocycles. The van der Waals surface area contributed by atoms with Gasteiger partial charge >= 0.3 is 11.9 Å². The Labute approximate surface area is 315 Å². The number of aromatic nitrogens is 2. The first-order valence-corrected chi connectivity index (χ1v) is 18.8. The molecule has 54 heavy (non-hydrogen) atoms. The largest absolute Gasteiger partial charge is 0.478 e. The molecule has 2 aliphatic rings. The molecule has 6 aromatic rings. The zero-order valence-corrected chi connectivity index (χ0v) is 30.5. The van der Waals surface area contributed by atoms with E-state index in [0.29, 0.717) is 24.0 Å². The van der Waals surface area contributed by atoms with Gasteiger partial charge in [0.05, 0.1) is 11.4 Å². The smallest absolute Gasteiger partial charge is 0.328 e. The molecule has 0 unspecified atom stereocenters. The van der Waals surface area contributed by atoms with Gasteiger partial charge in [0.25, 0.3) is 0 Å². The highest BCUT2D eigenvalue weighted by Crippen LogP contribution is 2.33. The van der Waals surface area contributed by atoms with Crippen molar-refractivity contribution in [3.63, 3.8) is 0 Å². The Morgan fingerprint density at radius 3 is 1.28 bits per heavy atom. The molecule has 280 valence electrons. The third-order valence-corrected chi connectivity index (χ3v) is 10.2. The van der Waals surface area contributed by atoms with Gasteiger partial charge in [-0.15, -0.1) is 0 Å². The summed E-state index contributed by atoms with van der Waals surface area (Å²) in [4.78, 5) is 24.3. The number of piperidine rings is 2. The number of para-hydroxylation sites is 2. The van der Waals surface area contributed by atoms with Crippen LogP contribution in [0.4, 0.5) is 0 Å². The number of carboxylic acids is 2. The van der Waals surface area contributed by atoms with E-state index >= 15 is 0 Å². The minimum atomic E-state index is -1.26. The molecule has 4 aromatic carbocycles. The Kier molecular flexibility index (Phi) is 13.8. The second-order valence-electron chi connectivity index (χ2n) is 13.8. The quantitative estimate of drug-likeness (QED) is 0.133. The van der Waals surface area contributed by atoms with Crippen LogP contribution in [-0.4, -0.2) is 81.5 Å². The van der Waals surface area contributed by atoms with E-state index in [2.05, 4.69) is 105 Å². The summed E-state index contributed by atoms with van der Waals surface area (Å²) in [5.74, 6) is -1.45. The van der Waals surface area contributed by atoms with Crippen LogP contribution in [0.2, 0.25) is 0 Å². The lowest BCUT2D eigenvalue weighted by Gasteiger charge is -2.31. The van der Waals surface area contributed by atoms with Crippen LogP contribution in [0.1, 0.15) is 60.0 Å². The topological polar surface area (TPSA) is 133 Å². The highest BCUT2D eigenvalue weighted by Gasteiger charge is 2.26. The van der Waals surface area contributed by atoms with Gasteiger partial charge in [0.2, 0.25) is 0 Å². The number of carbonyl (C=O) groups is 2. The molecule has 0 radical (unpaired) electrons. The number of hydrogen-bond donors (Lipinski definition) is 2. The van der Waals surface area contributed by atoms with E-state index in [0.717, 1.165) is 74.7 Å². The summed E-state index contributed by atoms with van der Waals surface area (Å²) < 4.78 is 10.9. The lowest BCUT2D eigenvalue weighted by atomic mass is 9.91. The predicted molar refractivity (Wildman–Crippen MR) is 210 cm³/mol. The number of fused-ring (bicyclic) bond motifs is 2. The fraction of sp³-hybridized carbons (Fsp3) is 0.318. The van der Waals surface area contributed by atoms with E-state index < -0.39 is 11.9 Å². The molecule has 0 aliphatic carbocycles. The lowest BCUT2D eigenvalue weighted by Crippen LogP contribution is -2.34. The van der Waals surface area contributed by atoms with Gasteiger partial charge < -0.3 is 29.1 Å². The fourth-order valence-corrected chi connectivity index (χ4v) is 7.27. The zero-order chi connectivity index (χ0) is 37.5. The molecule has 10 nitrogen and oxygen atoms in total. The molecule has 2 fully saturated rings. The Bertz CT molecular complexity index is 1930. The van der Waals surface area contributed by atoms with Gasteiger partial charge in [-0.05, 0) is 100 Å². The van der Waals surface area contributed by atoms with E-state index in [9.17, 15) is 9.59 Å². The van der Waals surface area contributed by atoms with Crippen LogP contribution in [0, 0.1) is 0 Å². The van der Waals surface area contributed by atoms with Crippen LogP contribution < -0.4 is 0 Å². The van der Waals surface area contributed by atoms with Crippen molar-refractivity contribution in [2.45, 2.75) is 50.4 Å². The molecule has 0 amide bonds. The third kappa shape index (κ3) is 11.0. The second-order valence-corrected chi connectivity index (χ2v) is 13.8. The van der Waals surface area contributed by atoms with Crippen LogP contribution in [0.3, 0.4) is 0 Å². The summed E-state index contributed by atoms with van der Waals surface area (Å²) in [6.45, 7) is 6.90. The van der Waals surface area contributed by atoms with Crippen LogP contribution in [0.15, 0.2) is 130 Å². The van der Waals surface area contributed by atoms with Crippen molar-refractivity contribution in [3.8, 4) is 0 Å². The van der Waals surface area contributed by atoms with Crippen molar-refractivity contribution in [3.05, 3.63) is 144 Å². The van der Waals surface area contributed by atoms with Crippen molar-refractivity contribution < 1.29 is 28.8 Å². The molecule has 2 N–H and O–H groups in total. The molecular weight excluding hydrogens is 681 g/mol. The van der Waals surface area contributed by atoms with Gasteiger partial charge in [0.1, 0.15) is 0 Å². The van der Waals surface area contributed by atoms with Crippen LogP contribution >= 0.6 is 0 Å². The van der Waals surface area contributed by atoms with Gasteiger partial charge in [0, 0.05) is 47.8 Å². The summed E-state index contributed by atoms with van der Waals surface area (Å²) >= 11 is 0. The molecule has 0 bridgehead atoms. The van der Waals surface area contributed by atoms with Crippen molar-refractivity contribution in [1.29, 1.82) is 0 Å². The van der Waals surface area contributed by atoms with E-state index in [4.69, 9.17) is 19.3 Å². The molecule has 0 spiro atoms. The van der Waals surface area contributed by atoms with Gasteiger partial charge in [-0.1, -0.05) is 95.2 Å². The zero-order valence-electron chi connectivity index (χ0n) is 30.5. The molecule has 0 saturated carbocycles. The summed E-state index contributed by atoms with van der Waals surface area (Å²) in [7, 11) is 0. The van der Waals surface area contributed by atoms with Crippen molar-refractivity contribution in [2.24, 2.45) is 0 Å². The Balaban J connectivity index is 0.000000154. The number of benzene rings is 4. The SMILES string of the molecule is O=C(O)/C=C/C(=O)O.c1ccc(CCN2CCC(c3noc4ccccc34)CC2)cc1.c1ccc(CCN2CCC(c3noc4ccccc34)CC2)cc1. The van der Waals surface area contributed by atoms with E-state index in [1.54, 1.807) is 0 Å². The first kappa shape index (κ1) is 38.2. The van der Waals surface area contributed by atoms with Crippen molar-refractivity contribution >= 4 is 33.9 Å². The first-order valence-electron chi connectivity index (χ1n) is 18.8. The Hall–Kier alpha value is -5.58. The lowest BCUT2D eigenvalue weighted by molar-refractivity contribution is -0.134. The van der Waals surface area contributed by atoms with Crippen LogP contribution in [0.5, 0.6) is 0 Å². The average Bonchev–Trinajstić information content (AvgIpc) is 3.85. The average molecular weight is 729 g/mol. The summed E-state index contributed by atoms with van der Waals surface area (Å²) in [6, 6.07) is 37.9. The normalized spacial score (nSPS) is 15.8. The van der Waals surface area contributed by atoms with Gasteiger partial charge in [0.15, 0.2) is 11.2 Å². The standard InChI is InChI=1S/2C20H22N2O.C4H4O4/c2*1-2-6-16(7-3-1)10-13-22-14-11-17(12-15-22)20-18-8-4-5-9-19(18)23-21-20;5-3(6)1-2-4(7)8/h2*1-9,17H,10-15H2;1-2H,(H,5,6)(H,7,8)/b;;2-1+. The number of hydrogen-bond acceptors (Lipinski definition) is 8. The van der Waals surface area contributed by atoms with E-state index in [-0.39, 0.29) is 0 Å². The molecule has 4 heterocycles. The third-order valence-electron chi connectivity index (χ3n) is 10.2. The first-order chi connectivity index (χ1) is 26.4. The molecule has 10 heteroatoms. The fourth-order valence-electron chi connectivity index (χ4n) is 7.27. The predicted octanol–water partition coefficient (Wildman–Crippen LogP) is 8.21. The number of carboxylic acid groups (broad SMARTS) is 2. The maximum absolute atomic E-state index is 9.55. The van der Waals surface area contributed by atoms with Crippen molar-refractivity contribution in [2.75, 3.05) is 39.3 Å². The molecule has 2 saturated heterocycles. The van der Waals surface area contributed by atoms with Crippen LogP contribution in [-0.2, 0) is 22.4 Å². The summed E-state index contributed by atoms with van der Waals surface area (Å²) in [5, 5.41) is 26.7. The van der Waals surface area contributed by atoms with E-state index in [1.807, 2.05) is 24.3 Å². The molecular formula is C44H48N4O6. The summed E-state index contributed by atoms with van der Waals surface area (Å²) in [5.41, 5.74) is 6.99. The monoisotopic (exact) mass is 728 g/mol. The maximum Gasteiger partial charge on any atom is 0.328 e. The number of likely N-dealkylation sites (tertiary alicyclic amines) is 2. The molecule has 0 atom stereocenters. The van der Waals surface area contributed by atoms with E-state index in [1.165, 1.54) is 47.6 Å². The Morgan fingerprint density at radius 2 is 0.907 bits per heavy atom. The van der Waals surface area contributed by atoms with Gasteiger partial charge in [-0.3, -0.25) is 0 Å². The highest BCUT2D eigenvalue weighted by atomic mass is 16.5. The number of nitrogens with zero attached hydrogens (tertiary/aromatic N) is 4. The second kappa shape index (κ2) is 19.5. The van der Waals surface area contributed by atoms with Crippen molar-refractivity contribution in [1.82, 2.24) is 20.1 Å². The van der Waals surface area contributed by atoms with Gasteiger partial charge in [-0.25, -0.2) is 9.59 Å². The Morgan fingerprint density at radius 1 is 0.556 bits per heavy atom. The summed E-state index contributed by atoms with van der Waals surface area (Å²) in [6.07, 6.45) is 8.08. The maximum atomic E-state index is 9.55. The van der Waals surface area contributed by atoms with Gasteiger partial charge in [-0.2, -0.15) is 0 Å². The van der Waals surface area contributed by atoms with Crippen LogP contribution in [0.25, 0.3) is 21.9 Å². The molecule has 2 aromatic heterocycles. The number of rotatable bonds is 10. The minimum Gasteiger partial charge on any atom is -0.478 e. The minimum absolute atomic E-state index is 0.534.